The number of rotatable bonds is 8. The Hall–Kier alpha value is -3.75. The number of carbonyl (C=O) groups excluding carboxylic acids is 1. The normalized spacial score (nSPS) is 10.6. The van der Waals surface area contributed by atoms with E-state index in [4.69, 9.17) is 14.9 Å². The molecule has 0 aliphatic rings. The van der Waals surface area contributed by atoms with Crippen LogP contribution in [0.3, 0.4) is 0 Å². The van der Waals surface area contributed by atoms with Crippen LogP contribution >= 0.6 is 0 Å². The van der Waals surface area contributed by atoms with Gasteiger partial charge in [-0.05, 0) is 54.1 Å². The first-order chi connectivity index (χ1) is 12.8. The summed E-state index contributed by atoms with van der Waals surface area (Å²) in [7, 11) is 0. The minimum Gasteiger partial charge on any atom is -0.480 e. The van der Waals surface area contributed by atoms with Crippen LogP contribution in [0.2, 0.25) is 0 Å². The monoisotopic (exact) mass is 374 g/mol. The highest BCUT2D eigenvalue weighted by atomic mass is 19.1. The molecule has 0 unspecified atom stereocenters. The van der Waals surface area contributed by atoms with Crippen molar-refractivity contribution >= 4 is 24.1 Å². The summed E-state index contributed by atoms with van der Waals surface area (Å²) in [6, 6.07) is 11.0. The second-order valence-corrected chi connectivity index (χ2v) is 5.32. The molecule has 0 saturated carbocycles. The highest BCUT2D eigenvalue weighted by Crippen LogP contribution is 2.14. The summed E-state index contributed by atoms with van der Waals surface area (Å²) in [5.41, 5.74) is 0.734. The van der Waals surface area contributed by atoms with E-state index < -0.39 is 36.8 Å². The molecule has 0 saturated heterocycles. The van der Waals surface area contributed by atoms with Crippen LogP contribution in [0.1, 0.15) is 15.9 Å². The molecule has 0 heterocycles. The fourth-order valence-electron chi connectivity index (χ4n) is 1.97. The molecule has 0 aliphatic heterocycles. The number of nitrogens with zero attached hydrogens (tertiary/aromatic N) is 2. The lowest BCUT2D eigenvalue weighted by Crippen LogP contribution is -2.30. The minimum absolute atomic E-state index is 0.194. The van der Waals surface area contributed by atoms with Gasteiger partial charge in [0.1, 0.15) is 24.7 Å². The van der Waals surface area contributed by atoms with Gasteiger partial charge in [0.05, 0.1) is 11.8 Å². The van der Waals surface area contributed by atoms with Crippen molar-refractivity contribution < 1.29 is 33.7 Å². The Balaban J connectivity index is 2.01. The third kappa shape index (κ3) is 6.58. The zero-order valence-corrected chi connectivity index (χ0v) is 13.9. The topological polar surface area (TPSA) is 116 Å². The molecule has 9 heteroatoms. The van der Waals surface area contributed by atoms with E-state index in [1.165, 1.54) is 30.5 Å². The number of carboxylic acid groups (broad SMARTS) is 2. The third-order valence-electron chi connectivity index (χ3n) is 3.18. The number of hydrazone groups is 1. The molecule has 0 spiro atoms. The zero-order valence-electron chi connectivity index (χ0n) is 13.9. The maximum absolute atomic E-state index is 12.9. The predicted octanol–water partition coefficient (Wildman–Crippen LogP) is 1.85. The summed E-state index contributed by atoms with van der Waals surface area (Å²) in [5, 5.41) is 22.2. The summed E-state index contributed by atoms with van der Waals surface area (Å²) in [4.78, 5) is 33.4. The van der Waals surface area contributed by atoms with Crippen LogP contribution in [0.15, 0.2) is 53.6 Å². The van der Waals surface area contributed by atoms with Crippen LogP contribution in [0.25, 0.3) is 0 Å². The number of hydrogen-bond donors (Lipinski definition) is 2. The number of halogens is 1. The van der Waals surface area contributed by atoms with E-state index >= 15 is 0 Å². The van der Waals surface area contributed by atoms with E-state index in [0.29, 0.717) is 5.56 Å². The summed E-state index contributed by atoms with van der Waals surface area (Å²) in [5.74, 6) is -3.29. The van der Waals surface area contributed by atoms with E-state index in [-0.39, 0.29) is 11.3 Å². The number of aliphatic carboxylic acids is 2. The SMILES string of the molecule is O=C(O)CN(CC(=O)O)/N=C\c1ccc(OC(=O)c2ccc(F)cc2)cc1. The van der Waals surface area contributed by atoms with Gasteiger partial charge in [-0.2, -0.15) is 5.10 Å². The molecule has 27 heavy (non-hydrogen) atoms. The van der Waals surface area contributed by atoms with Gasteiger partial charge in [0.25, 0.3) is 0 Å². The lowest BCUT2D eigenvalue weighted by atomic mass is 10.2. The van der Waals surface area contributed by atoms with Crippen molar-refractivity contribution in [1.82, 2.24) is 5.01 Å². The Bertz CT molecular complexity index is 833. The van der Waals surface area contributed by atoms with Gasteiger partial charge in [-0.15, -0.1) is 0 Å². The first kappa shape index (κ1) is 19.6. The van der Waals surface area contributed by atoms with E-state index in [9.17, 15) is 18.8 Å². The van der Waals surface area contributed by atoms with Crippen molar-refractivity contribution in [2.45, 2.75) is 0 Å². The molecule has 0 bridgehead atoms. The Kier molecular flexibility index (Phi) is 6.59. The van der Waals surface area contributed by atoms with Crippen LogP contribution in [-0.2, 0) is 9.59 Å². The van der Waals surface area contributed by atoms with Crippen molar-refractivity contribution in [3.8, 4) is 5.75 Å². The molecule has 0 atom stereocenters. The average molecular weight is 374 g/mol. The van der Waals surface area contributed by atoms with Gasteiger partial charge in [0, 0.05) is 0 Å². The summed E-state index contributed by atoms with van der Waals surface area (Å²) < 4.78 is 18.0. The smallest absolute Gasteiger partial charge is 0.343 e. The van der Waals surface area contributed by atoms with Crippen LogP contribution in [0.5, 0.6) is 5.75 Å². The standard InChI is InChI=1S/C18H15FN2O6/c19-14-5-3-13(4-6-14)18(26)27-15-7-1-12(2-8-15)9-20-21(10-16(22)23)11-17(24)25/h1-9H,10-11H2,(H,22,23)(H,24,25)/b20-9-. The molecule has 2 N–H and O–H groups in total. The Morgan fingerprint density at radius 3 is 2.04 bits per heavy atom. The quantitative estimate of drug-likeness (QED) is 0.313. The van der Waals surface area contributed by atoms with E-state index in [2.05, 4.69) is 5.10 Å². The number of ether oxygens (including phenoxy) is 1. The molecule has 0 fully saturated rings. The Labute approximate surface area is 153 Å². The Morgan fingerprint density at radius 2 is 1.52 bits per heavy atom. The maximum atomic E-state index is 12.9. The van der Waals surface area contributed by atoms with Crippen molar-refractivity contribution in [3.05, 3.63) is 65.5 Å². The van der Waals surface area contributed by atoms with Crippen LogP contribution in [0, 0.1) is 5.82 Å². The second kappa shape index (κ2) is 9.09. The van der Waals surface area contributed by atoms with Gasteiger partial charge in [0.15, 0.2) is 0 Å². The molecule has 140 valence electrons. The highest BCUT2D eigenvalue weighted by molar-refractivity contribution is 5.91. The average Bonchev–Trinajstić information content (AvgIpc) is 2.60. The number of benzene rings is 2. The number of carbonyl (C=O) groups is 3. The number of esters is 1. The lowest BCUT2D eigenvalue weighted by molar-refractivity contribution is -0.141. The fourth-order valence-corrected chi connectivity index (χ4v) is 1.97. The Morgan fingerprint density at radius 1 is 0.963 bits per heavy atom. The molecule has 2 rings (SSSR count). The number of hydrogen-bond acceptors (Lipinski definition) is 6. The molecule has 0 radical (unpaired) electrons. The van der Waals surface area contributed by atoms with Gasteiger partial charge in [-0.25, -0.2) is 9.18 Å². The summed E-state index contributed by atoms with van der Waals surface area (Å²) in [6.07, 6.45) is 1.29. The van der Waals surface area contributed by atoms with Crippen LogP contribution in [0.4, 0.5) is 4.39 Å². The van der Waals surface area contributed by atoms with Crippen molar-refractivity contribution in [2.24, 2.45) is 5.10 Å². The third-order valence-corrected chi connectivity index (χ3v) is 3.18. The van der Waals surface area contributed by atoms with E-state index in [1.54, 1.807) is 12.1 Å². The minimum atomic E-state index is -1.21. The van der Waals surface area contributed by atoms with Gasteiger partial charge in [0.2, 0.25) is 0 Å². The van der Waals surface area contributed by atoms with Gasteiger partial charge >= 0.3 is 17.9 Å². The van der Waals surface area contributed by atoms with Crippen molar-refractivity contribution in [3.63, 3.8) is 0 Å². The van der Waals surface area contributed by atoms with E-state index in [1.807, 2.05) is 0 Å². The van der Waals surface area contributed by atoms with Crippen LogP contribution in [-0.4, -0.2) is 52.4 Å². The molecular weight excluding hydrogens is 359 g/mol. The van der Waals surface area contributed by atoms with Gasteiger partial charge < -0.3 is 14.9 Å². The summed E-state index contributed by atoms with van der Waals surface area (Å²) >= 11 is 0. The largest absolute Gasteiger partial charge is 0.480 e. The molecule has 8 nitrogen and oxygen atoms in total. The molecule has 0 amide bonds. The van der Waals surface area contributed by atoms with Gasteiger partial charge in [-0.1, -0.05) is 0 Å². The fraction of sp³-hybridized carbons (Fsp3) is 0.111. The van der Waals surface area contributed by atoms with Crippen molar-refractivity contribution in [1.29, 1.82) is 0 Å². The molecular formula is C18H15FN2O6. The second-order valence-electron chi connectivity index (χ2n) is 5.32. The first-order valence-electron chi connectivity index (χ1n) is 7.64. The molecule has 0 aliphatic carbocycles. The van der Waals surface area contributed by atoms with E-state index in [0.717, 1.165) is 17.1 Å². The van der Waals surface area contributed by atoms with Gasteiger partial charge in [-0.3, -0.25) is 14.6 Å². The van der Waals surface area contributed by atoms with Crippen LogP contribution < -0.4 is 4.74 Å². The molecule has 2 aromatic rings. The predicted molar refractivity (Wildman–Crippen MR) is 92.2 cm³/mol. The first-order valence-corrected chi connectivity index (χ1v) is 7.64. The number of carboxylic acids is 2. The van der Waals surface area contributed by atoms with Crippen molar-refractivity contribution in [2.75, 3.05) is 13.1 Å². The zero-order chi connectivity index (χ0) is 19.8. The maximum Gasteiger partial charge on any atom is 0.343 e. The lowest BCUT2D eigenvalue weighted by Gasteiger charge is -2.13. The molecule has 0 aromatic heterocycles. The molecule has 2 aromatic carbocycles. The summed E-state index contributed by atoms with van der Waals surface area (Å²) in [6.45, 7) is -1.12. The highest BCUT2D eigenvalue weighted by Gasteiger charge is 2.11.